The molecule has 0 rings (SSSR count). The van der Waals surface area contributed by atoms with Gasteiger partial charge in [0.2, 0.25) is 5.76 Å². The molecule has 0 saturated heterocycles. The molecule has 0 amide bonds. The van der Waals surface area contributed by atoms with Crippen LogP contribution >= 0.6 is 0 Å². The fourth-order valence-corrected chi connectivity index (χ4v) is 0.540. The maximum atomic E-state index is 11.8. The van der Waals surface area contributed by atoms with Gasteiger partial charge < -0.3 is 9.84 Å². The van der Waals surface area contributed by atoms with Crippen LogP contribution in [0.5, 0.6) is 0 Å². The Kier molecular flexibility index (Phi) is 7.48. The van der Waals surface area contributed by atoms with Gasteiger partial charge in [-0.15, -0.1) is 0 Å². The average Bonchev–Trinajstić information content (AvgIpc) is 2.04. The Balaban J connectivity index is 0. The molecule has 1 radical (unpaired) electrons. The van der Waals surface area contributed by atoms with Gasteiger partial charge in [0.05, 0.1) is 6.61 Å². The van der Waals surface area contributed by atoms with Crippen molar-refractivity contribution in [2.45, 2.75) is 13.1 Å². The number of halogens is 3. The zero-order valence-corrected chi connectivity index (χ0v) is 10.1. The normalized spacial score (nSPS) is 11.9. The van der Waals surface area contributed by atoms with E-state index in [0.717, 1.165) is 6.07 Å². The standard InChI is InChI=1S/C7H6F3NO3.Na/c1-2-14-6(13)4(3-11)5(12)7(8,9)10;/h12H,2H2,1H3;. The molecule has 8 heteroatoms. The first kappa shape index (κ1) is 16.7. The fraction of sp³-hybridized carbons (Fsp3) is 0.429. The summed E-state index contributed by atoms with van der Waals surface area (Å²) in [5.74, 6) is -3.73. The first-order chi connectivity index (χ1) is 6.34. The van der Waals surface area contributed by atoms with Crippen LogP contribution in [-0.2, 0) is 9.53 Å². The average molecular weight is 232 g/mol. The van der Waals surface area contributed by atoms with E-state index >= 15 is 0 Å². The van der Waals surface area contributed by atoms with Crippen LogP contribution in [0.1, 0.15) is 6.92 Å². The van der Waals surface area contributed by atoms with E-state index in [1.165, 1.54) is 6.92 Å². The summed E-state index contributed by atoms with van der Waals surface area (Å²) in [5.41, 5.74) is -1.45. The number of hydrogen-bond acceptors (Lipinski definition) is 4. The molecule has 1 N–H and O–H groups in total. The van der Waals surface area contributed by atoms with Crippen LogP contribution in [-0.4, -0.2) is 53.4 Å². The first-order valence-electron chi connectivity index (χ1n) is 3.42. The van der Waals surface area contributed by atoms with Crippen LogP contribution < -0.4 is 0 Å². The second-order valence-electron chi connectivity index (χ2n) is 2.05. The molecular weight excluding hydrogens is 226 g/mol. The van der Waals surface area contributed by atoms with Crippen molar-refractivity contribution in [2.75, 3.05) is 6.61 Å². The van der Waals surface area contributed by atoms with Crippen molar-refractivity contribution in [3.05, 3.63) is 11.3 Å². The number of ether oxygens (including phenoxy) is 1. The molecule has 79 valence electrons. The number of carbonyl (C=O) groups excluding carboxylic acids is 1. The van der Waals surface area contributed by atoms with Crippen molar-refractivity contribution < 1.29 is 27.8 Å². The molecule has 0 unspecified atom stereocenters. The third-order valence-corrected chi connectivity index (χ3v) is 1.10. The second kappa shape index (κ2) is 6.71. The number of alkyl halides is 3. The Morgan fingerprint density at radius 3 is 2.27 bits per heavy atom. The van der Waals surface area contributed by atoms with E-state index in [-0.39, 0.29) is 36.2 Å². The molecule has 0 atom stereocenters. The Morgan fingerprint density at radius 1 is 1.53 bits per heavy atom. The molecule has 0 spiro atoms. The third-order valence-electron chi connectivity index (χ3n) is 1.10. The number of hydrogen-bond donors (Lipinski definition) is 1. The quantitative estimate of drug-likeness (QED) is 0.254. The predicted octanol–water partition coefficient (Wildman–Crippen LogP) is 1.07. The van der Waals surface area contributed by atoms with Crippen LogP contribution in [0.3, 0.4) is 0 Å². The van der Waals surface area contributed by atoms with Gasteiger partial charge in [0.25, 0.3) is 0 Å². The van der Waals surface area contributed by atoms with Gasteiger partial charge in [0.1, 0.15) is 6.07 Å². The number of nitrogens with zero attached hydrogens (tertiary/aromatic N) is 1. The van der Waals surface area contributed by atoms with E-state index < -0.39 is 23.5 Å². The van der Waals surface area contributed by atoms with E-state index in [0.29, 0.717) is 0 Å². The monoisotopic (exact) mass is 232 g/mol. The van der Waals surface area contributed by atoms with Gasteiger partial charge in [-0.1, -0.05) is 0 Å². The number of aliphatic hydroxyl groups is 1. The van der Waals surface area contributed by atoms with Gasteiger partial charge >= 0.3 is 12.1 Å². The Bertz CT molecular complexity index is 306. The molecule has 0 aliphatic rings. The maximum Gasteiger partial charge on any atom is 0.450 e. The molecule has 0 aromatic heterocycles. The second-order valence-corrected chi connectivity index (χ2v) is 2.05. The summed E-state index contributed by atoms with van der Waals surface area (Å²) in [6.07, 6.45) is -5.13. The van der Waals surface area contributed by atoms with Crippen molar-refractivity contribution in [1.29, 1.82) is 5.26 Å². The molecular formula is C7H6F3NNaO3. The van der Waals surface area contributed by atoms with Crippen LogP contribution in [0.15, 0.2) is 11.3 Å². The topological polar surface area (TPSA) is 70.3 Å². The van der Waals surface area contributed by atoms with Crippen molar-refractivity contribution in [3.63, 3.8) is 0 Å². The SMILES string of the molecule is CCOC(=O)C(C#N)=C(O)C(F)(F)F.[Na]. The Morgan fingerprint density at radius 2 is 2.00 bits per heavy atom. The summed E-state index contributed by atoms with van der Waals surface area (Å²) in [6, 6.07) is 0.928. The number of aliphatic hydroxyl groups excluding tert-OH is 1. The Labute approximate surface area is 106 Å². The molecule has 0 aliphatic carbocycles. The van der Waals surface area contributed by atoms with Gasteiger partial charge in [-0.3, -0.25) is 0 Å². The molecule has 0 bridgehead atoms. The summed E-state index contributed by atoms with van der Waals surface area (Å²) >= 11 is 0. The molecule has 0 aromatic rings. The number of carbonyl (C=O) groups is 1. The largest absolute Gasteiger partial charge is 0.503 e. The molecule has 0 saturated carbocycles. The van der Waals surface area contributed by atoms with Crippen LogP contribution in [0.4, 0.5) is 13.2 Å². The van der Waals surface area contributed by atoms with Gasteiger partial charge in [0.15, 0.2) is 5.57 Å². The van der Waals surface area contributed by atoms with Crippen molar-refractivity contribution in [2.24, 2.45) is 0 Å². The van der Waals surface area contributed by atoms with Crippen LogP contribution in [0.2, 0.25) is 0 Å². The van der Waals surface area contributed by atoms with E-state index in [4.69, 9.17) is 10.4 Å². The van der Waals surface area contributed by atoms with Crippen LogP contribution in [0, 0.1) is 11.3 Å². The third kappa shape index (κ3) is 5.06. The molecule has 0 heterocycles. The predicted molar refractivity (Wildman–Crippen MR) is 43.7 cm³/mol. The van der Waals surface area contributed by atoms with Crippen LogP contribution in [0.25, 0.3) is 0 Å². The van der Waals surface area contributed by atoms with E-state index in [2.05, 4.69) is 4.74 Å². The number of nitriles is 1. The summed E-state index contributed by atoms with van der Waals surface area (Å²) in [5, 5.41) is 16.7. The number of esters is 1. The summed E-state index contributed by atoms with van der Waals surface area (Å²) in [7, 11) is 0. The number of allylic oxidation sites excluding steroid dienone is 1. The summed E-state index contributed by atoms with van der Waals surface area (Å²) in [4.78, 5) is 10.7. The van der Waals surface area contributed by atoms with Gasteiger partial charge in [-0.25, -0.2) is 4.79 Å². The maximum absolute atomic E-state index is 11.8. The molecule has 0 aromatic carbocycles. The minimum absolute atomic E-state index is 0. The summed E-state index contributed by atoms with van der Waals surface area (Å²) in [6.45, 7) is 1.17. The molecule has 0 aliphatic heterocycles. The van der Waals surface area contributed by atoms with E-state index in [9.17, 15) is 18.0 Å². The van der Waals surface area contributed by atoms with Crippen molar-refractivity contribution in [1.82, 2.24) is 0 Å². The molecule has 15 heavy (non-hydrogen) atoms. The Hall–Kier alpha value is -0.710. The van der Waals surface area contributed by atoms with Gasteiger partial charge in [-0.2, -0.15) is 18.4 Å². The minimum atomic E-state index is -5.13. The summed E-state index contributed by atoms with van der Waals surface area (Å²) < 4.78 is 39.6. The molecule has 0 fully saturated rings. The van der Waals surface area contributed by atoms with E-state index in [1.54, 1.807) is 0 Å². The minimum Gasteiger partial charge on any atom is -0.503 e. The zero-order valence-electron chi connectivity index (χ0n) is 8.05. The smallest absolute Gasteiger partial charge is 0.450 e. The van der Waals surface area contributed by atoms with Gasteiger partial charge in [-0.05, 0) is 6.92 Å². The van der Waals surface area contributed by atoms with E-state index in [1.807, 2.05) is 0 Å². The molecule has 4 nitrogen and oxygen atoms in total. The zero-order chi connectivity index (χ0) is 11.4. The van der Waals surface area contributed by atoms with Gasteiger partial charge in [0, 0.05) is 29.6 Å². The first-order valence-corrected chi connectivity index (χ1v) is 3.42. The fourth-order valence-electron chi connectivity index (χ4n) is 0.540. The number of rotatable bonds is 2. The van der Waals surface area contributed by atoms with Crippen molar-refractivity contribution in [3.8, 4) is 6.07 Å². The van der Waals surface area contributed by atoms with Crippen molar-refractivity contribution >= 4 is 35.5 Å².